The lowest BCUT2D eigenvalue weighted by Gasteiger charge is -2.31. The van der Waals surface area contributed by atoms with Crippen LogP contribution in [0.25, 0.3) is 11.1 Å². The Kier molecular flexibility index (Phi) is 7.93. The van der Waals surface area contributed by atoms with Gasteiger partial charge in [0.2, 0.25) is 5.91 Å². The fourth-order valence-electron chi connectivity index (χ4n) is 5.22. The molecule has 1 N–H and O–H groups in total. The van der Waals surface area contributed by atoms with Crippen molar-refractivity contribution in [3.8, 4) is 22.6 Å². The summed E-state index contributed by atoms with van der Waals surface area (Å²) in [6, 6.07) is 16.5. The number of hydrogen-bond donors (Lipinski definition) is 1. The average molecular weight is 502 g/mol. The van der Waals surface area contributed by atoms with Gasteiger partial charge >= 0.3 is 0 Å². The highest BCUT2D eigenvalue weighted by Gasteiger charge is 2.28. The van der Waals surface area contributed by atoms with Gasteiger partial charge in [-0.1, -0.05) is 36.4 Å². The van der Waals surface area contributed by atoms with Crippen molar-refractivity contribution in [2.45, 2.75) is 79.6 Å². The molecule has 37 heavy (non-hydrogen) atoms. The summed E-state index contributed by atoms with van der Waals surface area (Å²) in [5, 5.41) is 3.07. The molecule has 0 saturated carbocycles. The summed E-state index contributed by atoms with van der Waals surface area (Å²) in [6.07, 6.45) is 1.79. The standard InChI is InChI=1S/C32H39NO4/c1-20-28(22(3)37-32(5,6)7)29(26-15-16-27-25(18-26)14-11-17-35-27)21(2)31(30(20)33-23(4)34)36-19-24-12-9-8-10-13-24/h8-10,12-13,15-16,18,22H,11,14,17,19H2,1-7H3,(H,33,34). The highest BCUT2D eigenvalue weighted by atomic mass is 16.5. The van der Waals surface area contributed by atoms with Crippen molar-refractivity contribution in [2.75, 3.05) is 11.9 Å². The first-order valence-corrected chi connectivity index (χ1v) is 13.1. The van der Waals surface area contributed by atoms with E-state index in [0.717, 1.165) is 58.6 Å². The van der Waals surface area contributed by atoms with Crippen LogP contribution < -0.4 is 14.8 Å². The van der Waals surface area contributed by atoms with E-state index in [4.69, 9.17) is 14.2 Å². The molecule has 3 aromatic carbocycles. The summed E-state index contributed by atoms with van der Waals surface area (Å²) in [5.74, 6) is 1.51. The minimum atomic E-state index is -0.336. The first-order chi connectivity index (χ1) is 17.5. The molecule has 0 bridgehead atoms. The van der Waals surface area contributed by atoms with Crippen molar-refractivity contribution in [3.05, 3.63) is 76.3 Å². The summed E-state index contributed by atoms with van der Waals surface area (Å²) >= 11 is 0. The Labute approximate surface area is 221 Å². The van der Waals surface area contributed by atoms with E-state index in [0.29, 0.717) is 18.0 Å². The van der Waals surface area contributed by atoms with Crippen LogP contribution in [-0.4, -0.2) is 18.1 Å². The number of carbonyl (C=O) groups excluding carboxylic acids is 1. The normalized spacial score (nSPS) is 13.9. The van der Waals surface area contributed by atoms with Gasteiger partial charge in [-0.2, -0.15) is 0 Å². The van der Waals surface area contributed by atoms with Crippen molar-refractivity contribution in [1.82, 2.24) is 0 Å². The van der Waals surface area contributed by atoms with Crippen LogP contribution in [0.15, 0.2) is 48.5 Å². The molecule has 1 aliphatic heterocycles. The van der Waals surface area contributed by atoms with Gasteiger partial charge in [-0.25, -0.2) is 0 Å². The number of amides is 1. The largest absolute Gasteiger partial charge is 0.493 e. The van der Waals surface area contributed by atoms with Gasteiger partial charge in [0, 0.05) is 12.5 Å². The second kappa shape index (κ2) is 11.0. The molecule has 1 amide bonds. The maximum Gasteiger partial charge on any atom is 0.221 e. The van der Waals surface area contributed by atoms with E-state index in [9.17, 15) is 4.79 Å². The number of fused-ring (bicyclic) bond motifs is 1. The second-order valence-corrected chi connectivity index (χ2v) is 10.8. The molecule has 5 heteroatoms. The topological polar surface area (TPSA) is 56.8 Å². The SMILES string of the molecule is CC(=O)Nc1c(C)c(C(C)OC(C)(C)C)c(-c2ccc3c(c2)CCCO3)c(C)c1OCc1ccccc1. The Morgan fingerprint density at radius 2 is 1.81 bits per heavy atom. The predicted octanol–water partition coefficient (Wildman–Crippen LogP) is 7.71. The summed E-state index contributed by atoms with van der Waals surface area (Å²) < 4.78 is 18.8. The van der Waals surface area contributed by atoms with E-state index in [-0.39, 0.29) is 17.6 Å². The van der Waals surface area contributed by atoms with Crippen LogP contribution in [0.5, 0.6) is 11.5 Å². The van der Waals surface area contributed by atoms with E-state index < -0.39 is 0 Å². The molecule has 1 atom stereocenters. The van der Waals surface area contributed by atoms with Crippen LogP contribution >= 0.6 is 0 Å². The fourth-order valence-corrected chi connectivity index (χ4v) is 5.22. The van der Waals surface area contributed by atoms with E-state index in [1.165, 1.54) is 12.5 Å². The molecule has 5 nitrogen and oxygen atoms in total. The van der Waals surface area contributed by atoms with E-state index in [1.807, 2.05) is 37.3 Å². The van der Waals surface area contributed by atoms with Crippen LogP contribution in [0.1, 0.15) is 75.0 Å². The van der Waals surface area contributed by atoms with Crippen LogP contribution in [0.4, 0.5) is 5.69 Å². The zero-order valence-electron chi connectivity index (χ0n) is 23.2. The molecule has 3 aromatic rings. The minimum absolute atomic E-state index is 0.138. The smallest absolute Gasteiger partial charge is 0.221 e. The van der Waals surface area contributed by atoms with Crippen LogP contribution in [0.2, 0.25) is 0 Å². The lowest BCUT2D eigenvalue weighted by Crippen LogP contribution is -2.23. The van der Waals surface area contributed by atoms with E-state index in [1.54, 1.807) is 0 Å². The zero-order chi connectivity index (χ0) is 26.7. The maximum atomic E-state index is 12.3. The molecule has 0 radical (unpaired) electrons. The van der Waals surface area contributed by atoms with Gasteiger partial charge in [-0.15, -0.1) is 0 Å². The van der Waals surface area contributed by atoms with Gasteiger partial charge in [-0.3, -0.25) is 4.79 Å². The summed E-state index contributed by atoms with van der Waals surface area (Å²) in [7, 11) is 0. The molecule has 0 aromatic heterocycles. The lowest BCUT2D eigenvalue weighted by molar-refractivity contribution is -0.114. The monoisotopic (exact) mass is 501 g/mol. The molecule has 0 fully saturated rings. The molecule has 0 aliphatic carbocycles. The summed E-state index contributed by atoms with van der Waals surface area (Å²) in [5.41, 5.74) is 7.81. The van der Waals surface area contributed by atoms with Gasteiger partial charge in [0.25, 0.3) is 0 Å². The van der Waals surface area contributed by atoms with E-state index >= 15 is 0 Å². The number of rotatable bonds is 7. The Bertz CT molecular complexity index is 1270. The maximum absolute atomic E-state index is 12.3. The minimum Gasteiger partial charge on any atom is -0.493 e. The van der Waals surface area contributed by atoms with Crippen LogP contribution in [0, 0.1) is 13.8 Å². The average Bonchev–Trinajstić information content (AvgIpc) is 2.84. The molecule has 1 unspecified atom stereocenters. The van der Waals surface area contributed by atoms with Crippen molar-refractivity contribution in [1.29, 1.82) is 0 Å². The molecule has 196 valence electrons. The first kappa shape index (κ1) is 26.7. The highest BCUT2D eigenvalue weighted by Crippen LogP contribution is 2.47. The highest BCUT2D eigenvalue weighted by molar-refractivity contribution is 5.94. The number of ether oxygens (including phenoxy) is 3. The van der Waals surface area contributed by atoms with Gasteiger partial charge in [-0.05, 0) is 99.9 Å². The molecule has 0 spiro atoms. The van der Waals surface area contributed by atoms with Crippen molar-refractivity contribution in [3.63, 3.8) is 0 Å². The zero-order valence-corrected chi connectivity index (χ0v) is 23.2. The van der Waals surface area contributed by atoms with E-state index in [2.05, 4.69) is 58.1 Å². The second-order valence-electron chi connectivity index (χ2n) is 10.8. The Balaban J connectivity index is 1.93. The van der Waals surface area contributed by atoms with Crippen molar-refractivity contribution >= 4 is 11.6 Å². The van der Waals surface area contributed by atoms with Crippen molar-refractivity contribution < 1.29 is 19.0 Å². The number of aryl methyl sites for hydroxylation is 1. The quantitative estimate of drug-likeness (QED) is 0.360. The summed E-state index contributed by atoms with van der Waals surface area (Å²) in [4.78, 5) is 12.3. The van der Waals surface area contributed by atoms with Crippen molar-refractivity contribution in [2.24, 2.45) is 0 Å². The Morgan fingerprint density at radius 3 is 2.49 bits per heavy atom. The summed E-state index contributed by atoms with van der Waals surface area (Å²) in [6.45, 7) is 15.1. The molecule has 1 aliphatic rings. The molecule has 4 rings (SSSR count). The fraction of sp³-hybridized carbons (Fsp3) is 0.406. The van der Waals surface area contributed by atoms with Crippen LogP contribution in [0.3, 0.4) is 0 Å². The number of anilines is 1. The third-order valence-electron chi connectivity index (χ3n) is 6.65. The van der Waals surface area contributed by atoms with Gasteiger partial charge in [0.05, 0.1) is 24.0 Å². The van der Waals surface area contributed by atoms with Gasteiger partial charge < -0.3 is 19.5 Å². The lowest BCUT2D eigenvalue weighted by atomic mass is 9.86. The Morgan fingerprint density at radius 1 is 1.08 bits per heavy atom. The molecular weight excluding hydrogens is 462 g/mol. The number of nitrogens with one attached hydrogen (secondary N) is 1. The molecule has 0 saturated heterocycles. The predicted molar refractivity (Wildman–Crippen MR) is 149 cm³/mol. The van der Waals surface area contributed by atoms with Gasteiger partial charge in [0.1, 0.15) is 18.1 Å². The third kappa shape index (κ3) is 6.16. The number of benzene rings is 3. The molecule has 1 heterocycles. The number of hydrogen-bond acceptors (Lipinski definition) is 4. The van der Waals surface area contributed by atoms with Crippen LogP contribution in [-0.2, 0) is 22.6 Å². The number of carbonyl (C=O) groups is 1. The molecular formula is C32H39NO4. The first-order valence-electron chi connectivity index (χ1n) is 13.1. The Hall–Kier alpha value is -3.31. The van der Waals surface area contributed by atoms with Gasteiger partial charge in [0.15, 0.2) is 0 Å². The third-order valence-corrected chi connectivity index (χ3v) is 6.65.